The number of benzene rings is 2. The number of alkyl halides is 2. The number of hydrogen-bond donors (Lipinski definition) is 1. The van der Waals surface area contributed by atoms with Gasteiger partial charge >= 0.3 is 6.61 Å². The largest absolute Gasteiger partial charge is 0.493 e. The van der Waals surface area contributed by atoms with Gasteiger partial charge in [-0.05, 0) is 24.3 Å². The van der Waals surface area contributed by atoms with Crippen LogP contribution in [0.1, 0.15) is 11.3 Å². The fraction of sp³-hybridized carbons (Fsp3) is 0.143. The van der Waals surface area contributed by atoms with Gasteiger partial charge in [0, 0.05) is 17.0 Å². The van der Waals surface area contributed by atoms with Gasteiger partial charge in [0.15, 0.2) is 11.5 Å². The lowest BCUT2D eigenvalue weighted by Crippen LogP contribution is -2.10. The van der Waals surface area contributed by atoms with Crippen molar-refractivity contribution in [2.75, 3.05) is 12.4 Å². The lowest BCUT2D eigenvalue weighted by Gasteiger charge is -2.12. The van der Waals surface area contributed by atoms with Gasteiger partial charge in [0.25, 0.3) is 0 Å². The predicted molar refractivity (Wildman–Crippen MR) is 110 cm³/mol. The summed E-state index contributed by atoms with van der Waals surface area (Å²) in [4.78, 5) is 16.5. The van der Waals surface area contributed by atoms with Crippen molar-refractivity contribution in [2.45, 2.75) is 13.2 Å². The monoisotopic (exact) mass is 432 g/mol. The number of rotatable bonds is 9. The van der Waals surface area contributed by atoms with Crippen molar-refractivity contribution in [3.8, 4) is 17.2 Å². The molecule has 0 spiro atoms. The Morgan fingerprint density at radius 3 is 2.73 bits per heavy atom. The Labute approximate surface area is 175 Å². The standard InChI is InChI=1S/C21H18F2N2O4S/c1-27-18-8-4-5-14(20(18)29-21(22)23)9-10-19(26)25-16-6-2-3-7-17(16)28-11-15-12-30-13-24-15/h2-10,12-13,21H,11H2,1H3,(H,25,26)/b10-9+. The van der Waals surface area contributed by atoms with E-state index in [1.165, 1.54) is 42.7 Å². The summed E-state index contributed by atoms with van der Waals surface area (Å²) >= 11 is 1.47. The van der Waals surface area contributed by atoms with Gasteiger partial charge in [-0.3, -0.25) is 4.79 Å². The Morgan fingerprint density at radius 2 is 2.00 bits per heavy atom. The number of halogens is 2. The van der Waals surface area contributed by atoms with Crippen LogP contribution in [0.5, 0.6) is 17.2 Å². The third-order valence-corrected chi connectivity index (χ3v) is 4.49. The van der Waals surface area contributed by atoms with Crippen molar-refractivity contribution in [2.24, 2.45) is 0 Å². The fourth-order valence-corrected chi connectivity index (χ4v) is 3.08. The Morgan fingerprint density at radius 1 is 1.20 bits per heavy atom. The van der Waals surface area contributed by atoms with E-state index in [4.69, 9.17) is 9.47 Å². The molecule has 0 radical (unpaired) electrons. The van der Waals surface area contributed by atoms with E-state index in [2.05, 4.69) is 15.0 Å². The highest BCUT2D eigenvalue weighted by atomic mass is 32.1. The molecule has 0 saturated heterocycles. The molecule has 0 unspecified atom stereocenters. The van der Waals surface area contributed by atoms with Crippen LogP contribution in [0, 0.1) is 0 Å². The molecule has 6 nitrogen and oxygen atoms in total. The van der Waals surface area contributed by atoms with E-state index < -0.39 is 12.5 Å². The summed E-state index contributed by atoms with van der Waals surface area (Å²) in [6.07, 6.45) is 2.58. The molecule has 1 amide bonds. The van der Waals surface area contributed by atoms with Crippen molar-refractivity contribution in [3.63, 3.8) is 0 Å². The molecule has 1 heterocycles. The van der Waals surface area contributed by atoms with Crippen molar-refractivity contribution in [1.82, 2.24) is 4.98 Å². The number of hydrogen-bond acceptors (Lipinski definition) is 6. The number of carbonyl (C=O) groups excluding carboxylic acids is 1. The smallest absolute Gasteiger partial charge is 0.387 e. The number of nitrogens with one attached hydrogen (secondary N) is 1. The van der Waals surface area contributed by atoms with Crippen molar-refractivity contribution in [3.05, 3.63) is 70.7 Å². The summed E-state index contributed by atoms with van der Waals surface area (Å²) in [6, 6.07) is 11.6. The van der Waals surface area contributed by atoms with Crippen LogP contribution in [-0.2, 0) is 11.4 Å². The van der Waals surface area contributed by atoms with Crippen LogP contribution < -0.4 is 19.5 Å². The van der Waals surface area contributed by atoms with Gasteiger partial charge in [-0.25, -0.2) is 4.98 Å². The zero-order chi connectivity index (χ0) is 21.3. The predicted octanol–water partition coefficient (Wildman–Crippen LogP) is 4.98. The minimum absolute atomic E-state index is 0.138. The number of anilines is 1. The van der Waals surface area contributed by atoms with Gasteiger partial charge < -0.3 is 19.5 Å². The van der Waals surface area contributed by atoms with Crippen LogP contribution >= 0.6 is 11.3 Å². The topological polar surface area (TPSA) is 69.7 Å². The van der Waals surface area contributed by atoms with E-state index in [9.17, 15) is 13.6 Å². The second kappa shape index (κ2) is 10.4. The molecule has 0 aliphatic heterocycles. The van der Waals surface area contributed by atoms with Crippen LogP contribution in [0.3, 0.4) is 0 Å². The maximum atomic E-state index is 12.7. The summed E-state index contributed by atoms with van der Waals surface area (Å²) in [5.74, 6) is 0.00516. The third kappa shape index (κ3) is 5.77. The lowest BCUT2D eigenvalue weighted by molar-refractivity contribution is -0.111. The summed E-state index contributed by atoms with van der Waals surface area (Å²) in [5, 5.41) is 4.58. The normalized spacial score (nSPS) is 10.9. The average Bonchev–Trinajstić information content (AvgIpc) is 3.25. The molecule has 0 aliphatic carbocycles. The lowest BCUT2D eigenvalue weighted by atomic mass is 10.1. The number of carbonyl (C=O) groups is 1. The van der Waals surface area contributed by atoms with E-state index >= 15 is 0 Å². The minimum atomic E-state index is -3.02. The summed E-state index contributed by atoms with van der Waals surface area (Å²) in [7, 11) is 1.34. The van der Waals surface area contributed by atoms with Crippen LogP contribution in [0.2, 0.25) is 0 Å². The van der Waals surface area contributed by atoms with Crippen LogP contribution in [0.15, 0.2) is 59.4 Å². The molecule has 0 bridgehead atoms. The number of amides is 1. The minimum Gasteiger partial charge on any atom is -0.493 e. The second-order valence-electron chi connectivity index (χ2n) is 5.84. The summed E-state index contributed by atoms with van der Waals surface area (Å²) < 4.78 is 40.8. The zero-order valence-corrected chi connectivity index (χ0v) is 16.7. The molecule has 2 aromatic carbocycles. The van der Waals surface area contributed by atoms with Gasteiger partial charge in [0.05, 0.1) is 24.0 Å². The Bertz CT molecular complexity index is 1010. The molecule has 3 rings (SSSR count). The van der Waals surface area contributed by atoms with Crippen LogP contribution in [0.25, 0.3) is 6.08 Å². The molecule has 30 heavy (non-hydrogen) atoms. The average molecular weight is 432 g/mol. The molecular formula is C21H18F2N2O4S. The summed E-state index contributed by atoms with van der Waals surface area (Å²) in [5.41, 5.74) is 3.24. The highest BCUT2D eigenvalue weighted by Gasteiger charge is 2.14. The van der Waals surface area contributed by atoms with E-state index in [-0.39, 0.29) is 23.7 Å². The second-order valence-corrected chi connectivity index (χ2v) is 6.56. The highest BCUT2D eigenvalue weighted by molar-refractivity contribution is 7.07. The van der Waals surface area contributed by atoms with Crippen LogP contribution in [0.4, 0.5) is 14.5 Å². The molecular weight excluding hydrogens is 414 g/mol. The van der Waals surface area contributed by atoms with E-state index in [0.717, 1.165) is 5.69 Å². The first kappa shape index (κ1) is 21.3. The van der Waals surface area contributed by atoms with Gasteiger partial charge in [-0.15, -0.1) is 11.3 Å². The van der Waals surface area contributed by atoms with Gasteiger partial charge in [-0.2, -0.15) is 8.78 Å². The number of aromatic nitrogens is 1. The third-order valence-electron chi connectivity index (χ3n) is 3.85. The summed E-state index contributed by atoms with van der Waals surface area (Å²) in [6.45, 7) is -2.76. The fourth-order valence-electron chi connectivity index (χ4n) is 2.54. The van der Waals surface area contributed by atoms with Gasteiger partial charge in [-0.1, -0.05) is 24.3 Å². The SMILES string of the molecule is COc1cccc(/C=C/C(=O)Nc2ccccc2OCc2cscn2)c1OC(F)F. The van der Waals surface area contributed by atoms with Gasteiger partial charge in [0.2, 0.25) is 5.91 Å². The van der Waals surface area contributed by atoms with E-state index in [1.54, 1.807) is 35.8 Å². The molecule has 0 fully saturated rings. The number of ether oxygens (including phenoxy) is 3. The number of para-hydroxylation sites is 3. The maximum absolute atomic E-state index is 12.7. The van der Waals surface area contributed by atoms with Crippen molar-refractivity contribution >= 4 is 29.0 Å². The molecule has 156 valence electrons. The quantitative estimate of drug-likeness (QED) is 0.483. The number of thiazole rings is 1. The Balaban J connectivity index is 1.71. The molecule has 0 saturated carbocycles. The molecule has 0 atom stereocenters. The Hall–Kier alpha value is -3.46. The van der Waals surface area contributed by atoms with E-state index in [1.807, 2.05) is 5.38 Å². The van der Waals surface area contributed by atoms with Gasteiger partial charge in [0.1, 0.15) is 12.4 Å². The molecule has 3 aromatic rings. The van der Waals surface area contributed by atoms with E-state index in [0.29, 0.717) is 11.4 Å². The Kier molecular flexibility index (Phi) is 7.34. The highest BCUT2D eigenvalue weighted by Crippen LogP contribution is 2.33. The van der Waals surface area contributed by atoms with Crippen molar-refractivity contribution < 1.29 is 27.8 Å². The molecule has 1 aromatic heterocycles. The first-order valence-electron chi connectivity index (χ1n) is 8.76. The number of nitrogens with zero attached hydrogens (tertiary/aromatic N) is 1. The van der Waals surface area contributed by atoms with Crippen molar-refractivity contribution in [1.29, 1.82) is 0 Å². The first-order chi connectivity index (χ1) is 14.6. The zero-order valence-electron chi connectivity index (χ0n) is 15.9. The number of methoxy groups -OCH3 is 1. The maximum Gasteiger partial charge on any atom is 0.387 e. The molecule has 9 heteroatoms. The van der Waals surface area contributed by atoms with Crippen LogP contribution in [-0.4, -0.2) is 24.6 Å². The first-order valence-corrected chi connectivity index (χ1v) is 9.71. The molecule has 1 N–H and O–H groups in total. The molecule has 0 aliphatic rings.